The van der Waals surface area contributed by atoms with Gasteiger partial charge in [0.05, 0.1) is 0 Å². The molecule has 1 aliphatic heterocycles. The van der Waals surface area contributed by atoms with Gasteiger partial charge in [-0.1, -0.05) is 6.92 Å². The summed E-state index contributed by atoms with van der Waals surface area (Å²) in [6, 6.07) is 0. The smallest absolute Gasteiger partial charge is 0.214 e. The van der Waals surface area contributed by atoms with Gasteiger partial charge in [0.25, 0.3) is 0 Å². The fourth-order valence-electron chi connectivity index (χ4n) is 0.906. The molecule has 0 amide bonds. The van der Waals surface area contributed by atoms with Gasteiger partial charge in [-0.25, -0.2) is 4.90 Å². The minimum absolute atomic E-state index is 0.170. The third-order valence-corrected chi connectivity index (χ3v) is 1.42. The third kappa shape index (κ3) is 1.36. The van der Waals surface area contributed by atoms with E-state index in [1.54, 1.807) is 0 Å². The molecule has 0 bridgehead atoms. The molecule has 1 saturated heterocycles. The highest BCUT2D eigenvalue weighted by Crippen LogP contribution is 2.28. The number of rotatable bonds is 0. The van der Waals surface area contributed by atoms with Crippen LogP contribution in [0.5, 0.6) is 0 Å². The van der Waals surface area contributed by atoms with E-state index in [1.165, 1.54) is 0 Å². The summed E-state index contributed by atoms with van der Waals surface area (Å²) in [6.45, 7) is 2.15. The molecule has 1 nitrogen and oxygen atoms in total. The molecule has 0 aromatic heterocycles. The summed E-state index contributed by atoms with van der Waals surface area (Å²) >= 11 is 0. The van der Waals surface area contributed by atoms with Crippen LogP contribution in [-0.2, 0) is 0 Å². The Bertz CT molecular complexity index is 103. The normalized spacial score (nSPS) is 24.0. The summed E-state index contributed by atoms with van der Waals surface area (Å²) in [7, 11) is 0. The second-order valence-corrected chi connectivity index (χ2v) is 2.48. The molecule has 0 radical (unpaired) electrons. The Morgan fingerprint density at radius 1 is 1.33 bits per heavy atom. The molecule has 0 aromatic carbocycles. The average Bonchev–Trinajstić information content (AvgIpc) is 1.55. The summed E-state index contributed by atoms with van der Waals surface area (Å²) in [5.74, 6) is 0.214. The van der Waals surface area contributed by atoms with E-state index in [4.69, 9.17) is 0 Å². The zero-order valence-corrected chi connectivity index (χ0v) is 5.07. The number of likely N-dealkylation sites (tertiary alicyclic amines) is 1. The first-order valence-electron chi connectivity index (χ1n) is 2.82. The summed E-state index contributed by atoms with van der Waals surface area (Å²) in [5.41, 5.74) is 0. The molecular formula is C5H8F3N. The monoisotopic (exact) mass is 139 g/mol. The van der Waals surface area contributed by atoms with Gasteiger partial charge in [0.1, 0.15) is 0 Å². The molecule has 1 heterocycles. The highest BCUT2D eigenvalue weighted by atomic mass is 19.4. The molecular weight excluding hydrogens is 131 g/mol. The van der Waals surface area contributed by atoms with Crippen LogP contribution in [0.3, 0.4) is 0 Å². The van der Waals surface area contributed by atoms with Crippen molar-refractivity contribution in [2.75, 3.05) is 13.1 Å². The average molecular weight is 139 g/mol. The van der Waals surface area contributed by atoms with Crippen molar-refractivity contribution in [1.29, 1.82) is 0 Å². The first-order valence-corrected chi connectivity index (χ1v) is 2.82. The molecule has 0 aromatic rings. The molecule has 9 heavy (non-hydrogen) atoms. The number of alkyl halides is 3. The van der Waals surface area contributed by atoms with E-state index in [2.05, 4.69) is 0 Å². The van der Waals surface area contributed by atoms with Gasteiger partial charge in [0.2, 0.25) is 0 Å². The van der Waals surface area contributed by atoms with Crippen LogP contribution in [0.15, 0.2) is 0 Å². The van der Waals surface area contributed by atoms with Gasteiger partial charge in [-0.3, -0.25) is 0 Å². The van der Waals surface area contributed by atoms with Crippen molar-refractivity contribution in [3.05, 3.63) is 0 Å². The topological polar surface area (TPSA) is 3.24 Å². The lowest BCUT2D eigenvalue weighted by molar-refractivity contribution is -0.273. The Morgan fingerprint density at radius 2 is 1.78 bits per heavy atom. The first kappa shape index (κ1) is 6.86. The third-order valence-electron chi connectivity index (χ3n) is 1.42. The van der Waals surface area contributed by atoms with Crippen LogP contribution < -0.4 is 0 Å². The Labute approximate surface area is 51.4 Å². The van der Waals surface area contributed by atoms with E-state index in [0.29, 0.717) is 4.90 Å². The van der Waals surface area contributed by atoms with Crippen LogP contribution in [0, 0.1) is 5.92 Å². The molecule has 0 aliphatic carbocycles. The fraction of sp³-hybridized carbons (Fsp3) is 1.00. The minimum atomic E-state index is -4.09. The summed E-state index contributed by atoms with van der Waals surface area (Å²) in [5, 5.41) is 0. The van der Waals surface area contributed by atoms with Gasteiger partial charge >= 0.3 is 6.30 Å². The standard InChI is InChI=1S/C5H8F3N/c1-4-2-9(3-4)5(6,7)8/h4H,2-3H2,1H3. The lowest BCUT2D eigenvalue weighted by atomic mass is 10.0. The van der Waals surface area contributed by atoms with Crippen molar-refractivity contribution >= 4 is 0 Å². The van der Waals surface area contributed by atoms with Crippen LogP contribution in [0.1, 0.15) is 6.92 Å². The van der Waals surface area contributed by atoms with Crippen LogP contribution in [0.2, 0.25) is 0 Å². The predicted octanol–water partition coefficient (Wildman–Crippen LogP) is 1.46. The van der Waals surface area contributed by atoms with Crippen molar-refractivity contribution < 1.29 is 13.2 Å². The number of hydrogen-bond acceptors (Lipinski definition) is 1. The zero-order chi connectivity index (χ0) is 7.07. The highest BCUT2D eigenvalue weighted by molar-refractivity contribution is 4.77. The van der Waals surface area contributed by atoms with Crippen LogP contribution in [0.25, 0.3) is 0 Å². The van der Waals surface area contributed by atoms with Crippen molar-refractivity contribution in [2.45, 2.75) is 13.2 Å². The maximum Gasteiger partial charge on any atom is 0.459 e. The largest absolute Gasteiger partial charge is 0.459 e. The fourth-order valence-corrected chi connectivity index (χ4v) is 0.906. The lowest BCUT2D eigenvalue weighted by Crippen LogP contribution is -2.52. The van der Waals surface area contributed by atoms with Crippen molar-refractivity contribution in [2.24, 2.45) is 5.92 Å². The molecule has 1 aliphatic rings. The molecule has 1 fully saturated rings. The molecule has 54 valence electrons. The van der Waals surface area contributed by atoms with Gasteiger partial charge in [-0.05, 0) is 5.92 Å². The first-order chi connectivity index (χ1) is 4.00. The summed E-state index contributed by atoms with van der Waals surface area (Å²) < 4.78 is 34.8. The van der Waals surface area contributed by atoms with E-state index < -0.39 is 6.30 Å². The lowest BCUT2D eigenvalue weighted by Gasteiger charge is -2.37. The SMILES string of the molecule is CC1CN(C(F)(F)F)C1. The van der Waals surface area contributed by atoms with Crippen LogP contribution in [0.4, 0.5) is 13.2 Å². The van der Waals surface area contributed by atoms with Crippen LogP contribution >= 0.6 is 0 Å². The quantitative estimate of drug-likeness (QED) is 0.459. The van der Waals surface area contributed by atoms with E-state index in [9.17, 15) is 13.2 Å². The van der Waals surface area contributed by atoms with E-state index in [0.717, 1.165) is 0 Å². The van der Waals surface area contributed by atoms with E-state index >= 15 is 0 Å². The molecule has 1 rings (SSSR count). The molecule has 4 heteroatoms. The van der Waals surface area contributed by atoms with E-state index in [1.807, 2.05) is 6.92 Å². The molecule has 0 spiro atoms. The van der Waals surface area contributed by atoms with Crippen molar-refractivity contribution in [3.8, 4) is 0 Å². The molecule has 0 atom stereocenters. The molecule has 0 N–H and O–H groups in total. The minimum Gasteiger partial charge on any atom is -0.214 e. The van der Waals surface area contributed by atoms with Gasteiger partial charge in [-0.15, -0.1) is 0 Å². The highest BCUT2D eigenvalue weighted by Gasteiger charge is 2.43. The van der Waals surface area contributed by atoms with Gasteiger partial charge in [-0.2, -0.15) is 13.2 Å². The summed E-state index contributed by atoms with van der Waals surface area (Å²) in [4.78, 5) is 0.512. The molecule has 0 saturated carbocycles. The second-order valence-electron chi connectivity index (χ2n) is 2.48. The molecule has 0 unspecified atom stereocenters. The van der Waals surface area contributed by atoms with Gasteiger partial charge < -0.3 is 0 Å². The number of nitrogens with zero attached hydrogens (tertiary/aromatic N) is 1. The second kappa shape index (κ2) is 1.87. The zero-order valence-electron chi connectivity index (χ0n) is 5.07. The summed E-state index contributed by atoms with van der Waals surface area (Å²) in [6.07, 6.45) is -4.09. The predicted molar refractivity (Wildman–Crippen MR) is 26.8 cm³/mol. The maximum atomic E-state index is 11.6. The Morgan fingerprint density at radius 3 is 1.89 bits per heavy atom. The van der Waals surface area contributed by atoms with Crippen LogP contribution in [-0.4, -0.2) is 24.3 Å². The maximum absolute atomic E-state index is 11.6. The number of halogens is 3. The van der Waals surface area contributed by atoms with Gasteiger partial charge in [0.15, 0.2) is 0 Å². The van der Waals surface area contributed by atoms with Crippen molar-refractivity contribution in [1.82, 2.24) is 4.90 Å². The van der Waals surface area contributed by atoms with Crippen molar-refractivity contribution in [3.63, 3.8) is 0 Å². The Kier molecular flexibility index (Phi) is 1.42. The Balaban J connectivity index is 2.32. The van der Waals surface area contributed by atoms with Gasteiger partial charge in [0, 0.05) is 13.1 Å². The Hall–Kier alpha value is -0.250. The van der Waals surface area contributed by atoms with E-state index in [-0.39, 0.29) is 19.0 Å². The number of hydrogen-bond donors (Lipinski definition) is 0.